The molecule has 0 bridgehead atoms. The van der Waals surface area contributed by atoms with E-state index >= 15 is 0 Å². The predicted octanol–water partition coefficient (Wildman–Crippen LogP) is 3.28. The first-order valence-electron chi connectivity index (χ1n) is 11.5. The van der Waals surface area contributed by atoms with Crippen molar-refractivity contribution in [1.82, 2.24) is 9.29 Å². The fourth-order valence-electron chi connectivity index (χ4n) is 4.23. The lowest BCUT2D eigenvalue weighted by Gasteiger charge is -2.31. The summed E-state index contributed by atoms with van der Waals surface area (Å²) in [5.41, 5.74) is 5.92. The summed E-state index contributed by atoms with van der Waals surface area (Å²) >= 11 is 0.907. The fraction of sp³-hybridized carbons (Fsp3) is 0.292. The molecule has 13 heteroatoms. The van der Waals surface area contributed by atoms with Gasteiger partial charge in [-0.25, -0.2) is 27.2 Å². The van der Waals surface area contributed by atoms with Crippen LogP contribution in [-0.2, 0) is 14.8 Å². The number of hydrogen-bond acceptors (Lipinski definition) is 9. The number of ether oxygens (including phenoxy) is 1. The number of benzene rings is 2. The van der Waals surface area contributed by atoms with Crippen LogP contribution in [0.15, 0.2) is 52.4 Å². The van der Waals surface area contributed by atoms with Gasteiger partial charge in [0.25, 0.3) is 0 Å². The van der Waals surface area contributed by atoms with Gasteiger partial charge in [-0.15, -0.1) is 0 Å². The summed E-state index contributed by atoms with van der Waals surface area (Å²) < 4.78 is 61.2. The standard InChI is InChI=1S/C24H23F2N5O4S2/c25-17-2-1-3-18(26)19(17)20(32)21-22(27)30-24(36-21)29-15-8-11-31(12-9-15)37(33,34)16-6-4-14(5-7-16)23-28-10-13-35-23/h1-7,15H,8-13,27H2,(H,29,30). The highest BCUT2D eigenvalue weighted by Gasteiger charge is 2.31. The number of piperidine rings is 1. The number of rotatable bonds is 7. The maximum Gasteiger partial charge on any atom is 0.243 e. The zero-order valence-electron chi connectivity index (χ0n) is 19.5. The van der Waals surface area contributed by atoms with Crippen LogP contribution in [0, 0.1) is 11.6 Å². The molecule has 3 N–H and O–H groups in total. The molecule has 1 fully saturated rings. The Hall–Kier alpha value is -3.42. The fourth-order valence-corrected chi connectivity index (χ4v) is 6.61. The van der Waals surface area contributed by atoms with Gasteiger partial charge in [-0.1, -0.05) is 17.4 Å². The molecule has 0 atom stereocenters. The number of nitrogens with one attached hydrogen (secondary N) is 1. The second-order valence-electron chi connectivity index (χ2n) is 8.54. The number of thiazole rings is 1. The van der Waals surface area contributed by atoms with E-state index in [9.17, 15) is 22.0 Å². The van der Waals surface area contributed by atoms with Crippen LogP contribution in [0.25, 0.3) is 0 Å². The number of nitrogen functional groups attached to an aromatic ring is 1. The van der Waals surface area contributed by atoms with Gasteiger partial charge in [-0.2, -0.15) is 4.31 Å². The molecule has 3 heterocycles. The number of hydrogen-bond donors (Lipinski definition) is 2. The average Bonchev–Trinajstić information content (AvgIpc) is 3.54. The predicted molar refractivity (Wildman–Crippen MR) is 136 cm³/mol. The third kappa shape index (κ3) is 5.06. The molecular weight excluding hydrogens is 524 g/mol. The Bertz CT molecular complexity index is 1450. The lowest BCUT2D eigenvalue weighted by atomic mass is 10.1. The Morgan fingerprint density at radius 3 is 2.41 bits per heavy atom. The maximum absolute atomic E-state index is 14.0. The van der Waals surface area contributed by atoms with Crippen LogP contribution in [-0.4, -0.2) is 61.7 Å². The number of aliphatic imine (C=N–C) groups is 1. The number of aromatic nitrogens is 1. The van der Waals surface area contributed by atoms with E-state index in [0.717, 1.165) is 29.0 Å². The summed E-state index contributed by atoms with van der Waals surface area (Å²) in [7, 11) is -3.68. The number of nitrogens with two attached hydrogens (primary N) is 1. The molecule has 0 unspecified atom stereocenters. The van der Waals surface area contributed by atoms with E-state index in [-0.39, 0.29) is 34.7 Å². The Morgan fingerprint density at radius 1 is 1.11 bits per heavy atom. The van der Waals surface area contributed by atoms with Gasteiger partial charge < -0.3 is 15.8 Å². The lowest BCUT2D eigenvalue weighted by Crippen LogP contribution is -2.42. The Labute approximate surface area is 216 Å². The first-order chi connectivity index (χ1) is 17.7. The van der Waals surface area contributed by atoms with Crippen molar-refractivity contribution >= 4 is 44.0 Å². The quantitative estimate of drug-likeness (QED) is 0.435. The zero-order chi connectivity index (χ0) is 26.2. The lowest BCUT2D eigenvalue weighted by molar-refractivity contribution is 0.103. The van der Waals surface area contributed by atoms with Crippen LogP contribution in [0.2, 0.25) is 0 Å². The summed E-state index contributed by atoms with van der Waals surface area (Å²) in [5, 5.41) is 3.49. The molecular formula is C24H23F2N5O4S2. The molecule has 2 aromatic carbocycles. The van der Waals surface area contributed by atoms with Gasteiger partial charge >= 0.3 is 0 Å². The van der Waals surface area contributed by atoms with E-state index in [1.54, 1.807) is 24.3 Å². The van der Waals surface area contributed by atoms with Crippen molar-refractivity contribution in [3.05, 3.63) is 70.1 Å². The van der Waals surface area contributed by atoms with Crippen molar-refractivity contribution in [2.24, 2.45) is 4.99 Å². The van der Waals surface area contributed by atoms with Gasteiger partial charge in [-0.3, -0.25) is 4.79 Å². The topological polar surface area (TPSA) is 127 Å². The Kier molecular flexibility index (Phi) is 6.92. The van der Waals surface area contributed by atoms with Gasteiger partial charge in [0.05, 0.1) is 17.0 Å². The molecule has 0 spiro atoms. The van der Waals surface area contributed by atoms with Gasteiger partial charge in [-0.05, 0) is 49.2 Å². The smallest absolute Gasteiger partial charge is 0.243 e. The van der Waals surface area contributed by atoms with Gasteiger partial charge in [0.2, 0.25) is 21.7 Å². The van der Waals surface area contributed by atoms with Crippen molar-refractivity contribution in [1.29, 1.82) is 0 Å². The van der Waals surface area contributed by atoms with E-state index < -0.39 is 33.0 Å². The van der Waals surface area contributed by atoms with Gasteiger partial charge in [0, 0.05) is 24.7 Å². The molecule has 1 saturated heterocycles. The van der Waals surface area contributed by atoms with Crippen molar-refractivity contribution in [3.63, 3.8) is 0 Å². The number of carbonyl (C=O) groups excluding carboxylic acids is 1. The number of ketones is 1. The highest BCUT2D eigenvalue weighted by Crippen LogP contribution is 2.31. The highest BCUT2D eigenvalue weighted by molar-refractivity contribution is 7.89. The van der Waals surface area contributed by atoms with E-state index in [0.29, 0.717) is 37.0 Å². The van der Waals surface area contributed by atoms with Crippen molar-refractivity contribution in [2.45, 2.75) is 23.8 Å². The Balaban J connectivity index is 1.22. The Morgan fingerprint density at radius 2 is 1.78 bits per heavy atom. The van der Waals surface area contributed by atoms with Crippen molar-refractivity contribution < 1.29 is 26.7 Å². The van der Waals surface area contributed by atoms with Crippen LogP contribution >= 0.6 is 11.3 Å². The SMILES string of the molecule is Nc1nc(NC2CCN(S(=O)(=O)c3ccc(C4=NCCO4)cc3)CC2)sc1C(=O)c1c(F)cccc1F. The largest absolute Gasteiger partial charge is 0.476 e. The summed E-state index contributed by atoms with van der Waals surface area (Å²) in [5.74, 6) is -2.44. The van der Waals surface area contributed by atoms with Gasteiger partial charge in [0.1, 0.15) is 28.9 Å². The van der Waals surface area contributed by atoms with E-state index in [2.05, 4.69) is 15.3 Å². The van der Waals surface area contributed by atoms with Crippen molar-refractivity contribution in [2.75, 3.05) is 37.3 Å². The third-order valence-electron chi connectivity index (χ3n) is 6.16. The van der Waals surface area contributed by atoms with E-state index in [1.807, 2.05) is 0 Å². The summed E-state index contributed by atoms with van der Waals surface area (Å²) in [6.07, 6.45) is 0.985. The first-order valence-corrected chi connectivity index (χ1v) is 13.8. The van der Waals surface area contributed by atoms with Crippen LogP contribution in [0.3, 0.4) is 0 Å². The minimum Gasteiger partial charge on any atom is -0.476 e. The average molecular weight is 548 g/mol. The minimum atomic E-state index is -3.68. The molecule has 0 amide bonds. The monoisotopic (exact) mass is 547 g/mol. The minimum absolute atomic E-state index is 0.0658. The molecule has 5 rings (SSSR count). The van der Waals surface area contributed by atoms with Crippen LogP contribution < -0.4 is 11.1 Å². The van der Waals surface area contributed by atoms with Crippen LogP contribution in [0.4, 0.5) is 19.7 Å². The third-order valence-corrected chi connectivity index (χ3v) is 9.07. The van der Waals surface area contributed by atoms with Crippen LogP contribution in [0.5, 0.6) is 0 Å². The maximum atomic E-state index is 14.0. The molecule has 2 aliphatic heterocycles. The summed E-state index contributed by atoms with van der Waals surface area (Å²) in [6.45, 7) is 1.68. The van der Waals surface area contributed by atoms with Crippen molar-refractivity contribution in [3.8, 4) is 0 Å². The zero-order valence-corrected chi connectivity index (χ0v) is 21.1. The van der Waals surface area contributed by atoms with Gasteiger partial charge in [0.15, 0.2) is 5.13 Å². The number of anilines is 2. The molecule has 9 nitrogen and oxygen atoms in total. The first kappa shape index (κ1) is 25.2. The molecule has 194 valence electrons. The normalized spacial score (nSPS) is 16.9. The summed E-state index contributed by atoms with van der Waals surface area (Å²) in [6, 6.07) is 9.53. The molecule has 0 aliphatic carbocycles. The number of halogens is 2. The second-order valence-corrected chi connectivity index (χ2v) is 11.5. The number of nitrogens with zero attached hydrogens (tertiary/aromatic N) is 3. The molecule has 3 aromatic rings. The van der Waals surface area contributed by atoms with E-state index in [4.69, 9.17) is 10.5 Å². The molecule has 0 saturated carbocycles. The number of sulfonamides is 1. The number of carbonyl (C=O) groups is 1. The molecule has 1 aromatic heterocycles. The van der Waals surface area contributed by atoms with E-state index in [1.165, 1.54) is 10.4 Å². The second kappa shape index (κ2) is 10.1. The molecule has 2 aliphatic rings. The van der Waals surface area contributed by atoms with Crippen LogP contribution in [0.1, 0.15) is 33.6 Å². The summed E-state index contributed by atoms with van der Waals surface area (Å²) in [4.78, 5) is 21.2. The molecule has 0 radical (unpaired) electrons. The molecule has 37 heavy (non-hydrogen) atoms. The highest BCUT2D eigenvalue weighted by atomic mass is 32.2.